The Bertz CT molecular complexity index is 214. The third kappa shape index (κ3) is 2.20. The number of fused-ring (bicyclic) bond motifs is 3. The predicted molar refractivity (Wildman–Crippen MR) is 56.4 cm³/mol. The van der Waals surface area contributed by atoms with Crippen molar-refractivity contribution in [1.82, 2.24) is 10.2 Å². The van der Waals surface area contributed by atoms with Crippen LogP contribution in [0.2, 0.25) is 0 Å². The highest BCUT2D eigenvalue weighted by Crippen LogP contribution is 2.27. The van der Waals surface area contributed by atoms with Gasteiger partial charge in [-0.15, -0.1) is 11.6 Å². The topological polar surface area (TPSA) is 32.3 Å². The molecule has 2 bridgehead atoms. The Hall–Kier alpha value is -0.280. The van der Waals surface area contributed by atoms with Crippen LogP contribution in [0.15, 0.2) is 0 Å². The zero-order valence-electron chi connectivity index (χ0n) is 8.34. The van der Waals surface area contributed by atoms with Crippen molar-refractivity contribution in [3.05, 3.63) is 0 Å². The standard InChI is InChI=1S/C10H17ClN2O/c11-4-1-10(14)12-9-7-13-5-2-8(9)3-6-13/h8-9H,1-7H2,(H,12,14). The van der Waals surface area contributed by atoms with Gasteiger partial charge in [-0.05, 0) is 31.8 Å². The van der Waals surface area contributed by atoms with Gasteiger partial charge in [0.1, 0.15) is 0 Å². The van der Waals surface area contributed by atoms with Crippen LogP contribution in [-0.4, -0.2) is 42.4 Å². The molecule has 3 aliphatic heterocycles. The number of carbonyl (C=O) groups excluding carboxylic acids is 1. The molecule has 4 heteroatoms. The van der Waals surface area contributed by atoms with Crippen LogP contribution in [0.1, 0.15) is 19.3 Å². The molecule has 0 radical (unpaired) electrons. The molecule has 3 fully saturated rings. The molecule has 3 aliphatic rings. The lowest BCUT2D eigenvalue weighted by molar-refractivity contribution is -0.122. The Labute approximate surface area is 89.8 Å². The summed E-state index contributed by atoms with van der Waals surface area (Å²) in [5, 5.41) is 3.09. The molecule has 3 nitrogen and oxygen atoms in total. The number of amides is 1. The van der Waals surface area contributed by atoms with Gasteiger partial charge in [0.05, 0.1) is 0 Å². The number of alkyl halides is 1. The average Bonchev–Trinajstić information content (AvgIpc) is 2.19. The highest BCUT2D eigenvalue weighted by Gasteiger charge is 2.34. The number of piperidine rings is 3. The summed E-state index contributed by atoms with van der Waals surface area (Å²) in [5.74, 6) is 1.24. The van der Waals surface area contributed by atoms with E-state index in [0.29, 0.717) is 24.3 Å². The van der Waals surface area contributed by atoms with Crippen molar-refractivity contribution in [3.63, 3.8) is 0 Å². The minimum absolute atomic E-state index is 0.110. The van der Waals surface area contributed by atoms with Gasteiger partial charge in [0.2, 0.25) is 5.91 Å². The van der Waals surface area contributed by atoms with Crippen LogP contribution >= 0.6 is 11.6 Å². The third-order valence-corrected chi connectivity index (χ3v) is 3.51. The molecule has 3 saturated heterocycles. The lowest BCUT2D eigenvalue weighted by Gasteiger charge is -2.44. The van der Waals surface area contributed by atoms with E-state index >= 15 is 0 Å². The van der Waals surface area contributed by atoms with E-state index in [1.807, 2.05) is 0 Å². The minimum atomic E-state index is 0.110. The van der Waals surface area contributed by atoms with E-state index in [1.54, 1.807) is 0 Å². The number of nitrogens with zero attached hydrogens (tertiary/aromatic N) is 1. The maximum Gasteiger partial charge on any atom is 0.221 e. The van der Waals surface area contributed by atoms with Crippen molar-refractivity contribution < 1.29 is 4.79 Å². The van der Waals surface area contributed by atoms with E-state index in [2.05, 4.69) is 10.2 Å². The molecule has 1 amide bonds. The molecule has 0 aliphatic carbocycles. The highest BCUT2D eigenvalue weighted by molar-refractivity contribution is 6.18. The first-order valence-electron chi connectivity index (χ1n) is 5.37. The molecule has 0 aromatic rings. The second-order valence-electron chi connectivity index (χ2n) is 4.25. The number of halogens is 1. The molecule has 3 heterocycles. The van der Waals surface area contributed by atoms with Gasteiger partial charge < -0.3 is 10.2 Å². The Balaban J connectivity index is 1.83. The van der Waals surface area contributed by atoms with Crippen LogP contribution in [0, 0.1) is 5.92 Å². The second-order valence-corrected chi connectivity index (χ2v) is 4.63. The summed E-state index contributed by atoms with van der Waals surface area (Å²) in [7, 11) is 0. The maximum atomic E-state index is 11.4. The van der Waals surface area contributed by atoms with Crippen molar-refractivity contribution in [2.75, 3.05) is 25.5 Å². The molecule has 0 spiro atoms. The van der Waals surface area contributed by atoms with Crippen LogP contribution in [0.25, 0.3) is 0 Å². The van der Waals surface area contributed by atoms with Crippen molar-refractivity contribution in [3.8, 4) is 0 Å². The van der Waals surface area contributed by atoms with Gasteiger partial charge in [-0.1, -0.05) is 0 Å². The second kappa shape index (κ2) is 4.49. The van der Waals surface area contributed by atoms with Gasteiger partial charge in [0, 0.05) is 24.9 Å². The molecule has 0 saturated carbocycles. The van der Waals surface area contributed by atoms with Crippen LogP contribution < -0.4 is 5.32 Å². The zero-order chi connectivity index (χ0) is 9.97. The minimum Gasteiger partial charge on any atom is -0.352 e. The largest absolute Gasteiger partial charge is 0.352 e. The quantitative estimate of drug-likeness (QED) is 0.709. The first-order chi connectivity index (χ1) is 6.79. The number of carbonyl (C=O) groups is 1. The molecule has 14 heavy (non-hydrogen) atoms. The van der Waals surface area contributed by atoms with E-state index < -0.39 is 0 Å². The number of hydrogen-bond donors (Lipinski definition) is 1. The molecule has 80 valence electrons. The molecule has 1 unspecified atom stereocenters. The number of nitrogens with one attached hydrogen (secondary N) is 1. The monoisotopic (exact) mass is 216 g/mol. The van der Waals surface area contributed by atoms with Crippen LogP contribution in [-0.2, 0) is 4.79 Å². The summed E-state index contributed by atoms with van der Waals surface area (Å²) < 4.78 is 0. The SMILES string of the molecule is O=C(CCCl)NC1CN2CCC1CC2. The van der Waals surface area contributed by atoms with E-state index in [-0.39, 0.29) is 5.91 Å². The van der Waals surface area contributed by atoms with E-state index in [9.17, 15) is 4.79 Å². The fourth-order valence-electron chi connectivity index (χ4n) is 2.49. The fourth-order valence-corrected chi connectivity index (χ4v) is 2.67. The van der Waals surface area contributed by atoms with E-state index in [4.69, 9.17) is 11.6 Å². The van der Waals surface area contributed by atoms with Gasteiger partial charge in [-0.2, -0.15) is 0 Å². The van der Waals surface area contributed by atoms with E-state index in [0.717, 1.165) is 6.54 Å². The van der Waals surface area contributed by atoms with Crippen molar-refractivity contribution in [2.45, 2.75) is 25.3 Å². The summed E-state index contributed by atoms with van der Waals surface area (Å²) >= 11 is 5.52. The lowest BCUT2D eigenvalue weighted by Crippen LogP contribution is -2.57. The summed E-state index contributed by atoms with van der Waals surface area (Å²) in [4.78, 5) is 13.8. The normalized spacial score (nSPS) is 35.6. The van der Waals surface area contributed by atoms with Crippen LogP contribution in [0.4, 0.5) is 0 Å². The van der Waals surface area contributed by atoms with Gasteiger partial charge in [-0.25, -0.2) is 0 Å². The summed E-state index contributed by atoms with van der Waals surface area (Å²) in [5.41, 5.74) is 0. The van der Waals surface area contributed by atoms with Gasteiger partial charge in [0.15, 0.2) is 0 Å². The number of hydrogen-bond acceptors (Lipinski definition) is 2. The Morgan fingerprint density at radius 3 is 2.64 bits per heavy atom. The molecular weight excluding hydrogens is 200 g/mol. The summed E-state index contributed by atoms with van der Waals surface area (Å²) in [6.45, 7) is 3.47. The first-order valence-corrected chi connectivity index (χ1v) is 5.90. The molecular formula is C10H17ClN2O. The molecule has 3 rings (SSSR count). The third-order valence-electron chi connectivity index (χ3n) is 3.32. The molecule has 1 atom stereocenters. The van der Waals surface area contributed by atoms with Gasteiger partial charge in [0.25, 0.3) is 0 Å². The van der Waals surface area contributed by atoms with Gasteiger partial charge >= 0.3 is 0 Å². The highest BCUT2D eigenvalue weighted by atomic mass is 35.5. The Morgan fingerprint density at radius 2 is 2.14 bits per heavy atom. The zero-order valence-corrected chi connectivity index (χ0v) is 9.09. The molecule has 0 aromatic carbocycles. The molecule has 0 aromatic heterocycles. The summed E-state index contributed by atoms with van der Waals surface area (Å²) in [6.07, 6.45) is 2.93. The van der Waals surface area contributed by atoms with Gasteiger partial charge in [-0.3, -0.25) is 4.79 Å². The van der Waals surface area contributed by atoms with Crippen molar-refractivity contribution in [2.24, 2.45) is 5.92 Å². The van der Waals surface area contributed by atoms with E-state index in [1.165, 1.54) is 25.9 Å². The Kier molecular flexibility index (Phi) is 3.29. The maximum absolute atomic E-state index is 11.4. The summed E-state index contributed by atoms with van der Waals surface area (Å²) in [6, 6.07) is 0.383. The van der Waals surface area contributed by atoms with Crippen LogP contribution in [0.5, 0.6) is 0 Å². The lowest BCUT2D eigenvalue weighted by atomic mass is 9.84. The molecule has 1 N–H and O–H groups in total. The number of rotatable bonds is 3. The average molecular weight is 217 g/mol. The first kappa shape index (κ1) is 10.2. The predicted octanol–water partition coefficient (Wildman–Crippen LogP) is 0.826. The Morgan fingerprint density at radius 1 is 1.43 bits per heavy atom. The fraction of sp³-hybridized carbons (Fsp3) is 0.900. The van der Waals surface area contributed by atoms with Crippen molar-refractivity contribution >= 4 is 17.5 Å². The smallest absolute Gasteiger partial charge is 0.221 e. The van der Waals surface area contributed by atoms with Crippen molar-refractivity contribution in [1.29, 1.82) is 0 Å². The van der Waals surface area contributed by atoms with Crippen LogP contribution in [0.3, 0.4) is 0 Å².